The lowest BCUT2D eigenvalue weighted by atomic mass is 9.87. The van der Waals surface area contributed by atoms with Crippen molar-refractivity contribution in [1.29, 1.82) is 0 Å². The number of hydrogen-bond donors (Lipinski definition) is 1. The second kappa shape index (κ2) is 3.83. The van der Waals surface area contributed by atoms with E-state index < -0.39 is 0 Å². The van der Waals surface area contributed by atoms with Crippen LogP contribution in [0.5, 0.6) is 0 Å². The lowest BCUT2D eigenvalue weighted by Gasteiger charge is -2.21. The minimum absolute atomic E-state index is 0.291. The number of rotatable bonds is 1. The third kappa shape index (κ3) is 1.57. The van der Waals surface area contributed by atoms with Crippen LogP contribution in [0.25, 0.3) is 0 Å². The Labute approximate surface area is 97.6 Å². The van der Waals surface area contributed by atoms with Gasteiger partial charge in [0, 0.05) is 6.20 Å². The van der Waals surface area contributed by atoms with Crippen molar-refractivity contribution in [3.05, 3.63) is 34.6 Å². The molecule has 0 aromatic carbocycles. The summed E-state index contributed by atoms with van der Waals surface area (Å²) in [7, 11) is 0. The molecule has 0 saturated heterocycles. The summed E-state index contributed by atoms with van der Waals surface area (Å²) >= 11 is 1.47. The highest BCUT2D eigenvalue weighted by Crippen LogP contribution is 2.36. The van der Waals surface area contributed by atoms with Crippen molar-refractivity contribution in [2.45, 2.75) is 25.2 Å². The van der Waals surface area contributed by atoms with Crippen molar-refractivity contribution in [3.8, 4) is 0 Å². The van der Waals surface area contributed by atoms with Crippen LogP contribution in [-0.4, -0.2) is 15.2 Å². The number of nitrogens with two attached hydrogens (primary N) is 1. The molecule has 16 heavy (non-hydrogen) atoms. The maximum atomic E-state index is 5.63. The van der Waals surface area contributed by atoms with E-state index in [9.17, 15) is 0 Å². The second-order valence-electron chi connectivity index (χ2n) is 3.97. The topological polar surface area (TPSA) is 64.7 Å². The molecule has 2 aromatic heterocycles. The fraction of sp³-hybridized carbons (Fsp3) is 0.364. The molecule has 0 amide bonds. The Hall–Kier alpha value is -1.49. The molecule has 0 bridgehead atoms. The molecule has 0 saturated carbocycles. The molecular formula is C11H12N4S. The first-order valence-electron chi connectivity index (χ1n) is 5.37. The molecule has 0 radical (unpaired) electrons. The largest absolute Gasteiger partial charge is 0.374 e. The van der Waals surface area contributed by atoms with Gasteiger partial charge in [-0.2, -0.15) is 0 Å². The zero-order valence-corrected chi connectivity index (χ0v) is 9.57. The Morgan fingerprint density at radius 1 is 1.38 bits per heavy atom. The number of nitrogen functional groups attached to an aromatic ring is 1. The molecule has 2 heterocycles. The van der Waals surface area contributed by atoms with Crippen molar-refractivity contribution >= 4 is 16.5 Å². The molecule has 5 heteroatoms. The SMILES string of the molecule is Nc1nnc(C2CCCc3cccnc32)s1. The molecule has 1 unspecified atom stereocenters. The van der Waals surface area contributed by atoms with Crippen molar-refractivity contribution in [1.82, 2.24) is 15.2 Å². The fourth-order valence-corrected chi connectivity index (χ4v) is 2.99. The first-order chi connectivity index (χ1) is 7.84. The molecule has 2 aromatic rings. The first-order valence-corrected chi connectivity index (χ1v) is 6.19. The van der Waals surface area contributed by atoms with Crippen LogP contribution in [0.2, 0.25) is 0 Å². The molecule has 0 fully saturated rings. The van der Waals surface area contributed by atoms with E-state index in [2.05, 4.69) is 21.2 Å². The number of fused-ring (bicyclic) bond motifs is 1. The third-order valence-corrected chi connectivity index (χ3v) is 3.82. The number of aryl methyl sites for hydroxylation is 1. The van der Waals surface area contributed by atoms with E-state index in [0.29, 0.717) is 11.0 Å². The maximum Gasteiger partial charge on any atom is 0.203 e. The lowest BCUT2D eigenvalue weighted by molar-refractivity contribution is 0.592. The Kier molecular flexibility index (Phi) is 2.32. The van der Waals surface area contributed by atoms with E-state index in [0.717, 1.165) is 23.5 Å². The van der Waals surface area contributed by atoms with Gasteiger partial charge in [-0.15, -0.1) is 10.2 Å². The summed E-state index contributed by atoms with van der Waals surface area (Å²) in [6.45, 7) is 0. The standard InChI is InChI=1S/C11H12N4S/c12-11-15-14-10(16-11)8-5-1-3-7-4-2-6-13-9(7)8/h2,4,6,8H,1,3,5H2,(H2,12,15). The highest BCUT2D eigenvalue weighted by Gasteiger charge is 2.25. The Morgan fingerprint density at radius 2 is 2.31 bits per heavy atom. The van der Waals surface area contributed by atoms with Crippen LogP contribution in [0.3, 0.4) is 0 Å². The van der Waals surface area contributed by atoms with E-state index in [4.69, 9.17) is 5.73 Å². The average molecular weight is 232 g/mol. The van der Waals surface area contributed by atoms with Gasteiger partial charge in [0.2, 0.25) is 5.13 Å². The highest BCUT2D eigenvalue weighted by molar-refractivity contribution is 7.15. The van der Waals surface area contributed by atoms with Crippen molar-refractivity contribution in [3.63, 3.8) is 0 Å². The Bertz CT molecular complexity index is 508. The van der Waals surface area contributed by atoms with Crippen molar-refractivity contribution in [2.24, 2.45) is 0 Å². The van der Waals surface area contributed by atoms with Crippen molar-refractivity contribution < 1.29 is 0 Å². The lowest BCUT2D eigenvalue weighted by Crippen LogP contribution is -2.12. The molecule has 4 nitrogen and oxygen atoms in total. The summed E-state index contributed by atoms with van der Waals surface area (Å²) in [6, 6.07) is 4.15. The van der Waals surface area contributed by atoms with Crippen molar-refractivity contribution in [2.75, 3.05) is 5.73 Å². The smallest absolute Gasteiger partial charge is 0.203 e. The summed E-state index contributed by atoms with van der Waals surface area (Å²) in [5, 5.41) is 9.56. The number of nitrogens with zero attached hydrogens (tertiary/aromatic N) is 3. The summed E-state index contributed by atoms with van der Waals surface area (Å²) in [5.41, 5.74) is 8.13. The van der Waals surface area contributed by atoms with Gasteiger partial charge in [0.1, 0.15) is 5.01 Å². The minimum atomic E-state index is 0.291. The number of pyridine rings is 1. The molecule has 0 spiro atoms. The first kappa shape index (κ1) is 9.72. The zero-order chi connectivity index (χ0) is 11.0. The monoisotopic (exact) mass is 232 g/mol. The molecule has 1 aliphatic carbocycles. The van der Waals surface area contributed by atoms with E-state index in [1.165, 1.54) is 23.3 Å². The van der Waals surface area contributed by atoms with Crippen LogP contribution in [0, 0.1) is 0 Å². The van der Waals surface area contributed by atoms with E-state index in [1.54, 1.807) is 0 Å². The zero-order valence-electron chi connectivity index (χ0n) is 8.76. The van der Waals surface area contributed by atoms with Crippen LogP contribution < -0.4 is 5.73 Å². The van der Waals surface area contributed by atoms with Crippen LogP contribution >= 0.6 is 11.3 Å². The summed E-state index contributed by atoms with van der Waals surface area (Å²) in [5.74, 6) is 0.291. The molecule has 2 N–H and O–H groups in total. The van der Waals surface area contributed by atoms with Gasteiger partial charge in [-0.05, 0) is 30.9 Å². The fourth-order valence-electron chi connectivity index (χ4n) is 2.24. The number of aromatic nitrogens is 3. The molecule has 1 atom stereocenters. The van der Waals surface area contributed by atoms with Gasteiger partial charge in [0.15, 0.2) is 0 Å². The third-order valence-electron chi connectivity index (χ3n) is 2.95. The van der Waals surface area contributed by atoms with Gasteiger partial charge in [-0.25, -0.2) is 0 Å². The maximum absolute atomic E-state index is 5.63. The normalized spacial score (nSPS) is 19.4. The quantitative estimate of drug-likeness (QED) is 0.816. The molecule has 1 aliphatic rings. The van der Waals surface area contributed by atoms with Gasteiger partial charge in [-0.3, -0.25) is 4.98 Å². The van der Waals surface area contributed by atoms with E-state index >= 15 is 0 Å². The van der Waals surface area contributed by atoms with Gasteiger partial charge < -0.3 is 5.73 Å². The summed E-state index contributed by atoms with van der Waals surface area (Å²) < 4.78 is 0. The molecule has 3 rings (SSSR count). The van der Waals surface area contributed by atoms with Crippen LogP contribution in [0.1, 0.15) is 35.0 Å². The van der Waals surface area contributed by atoms with Gasteiger partial charge in [0.05, 0.1) is 11.6 Å². The van der Waals surface area contributed by atoms with Crippen LogP contribution in [-0.2, 0) is 6.42 Å². The highest BCUT2D eigenvalue weighted by atomic mass is 32.1. The Morgan fingerprint density at radius 3 is 3.12 bits per heavy atom. The van der Waals surface area contributed by atoms with Gasteiger partial charge >= 0.3 is 0 Å². The minimum Gasteiger partial charge on any atom is -0.374 e. The molecular weight excluding hydrogens is 220 g/mol. The molecule has 0 aliphatic heterocycles. The summed E-state index contributed by atoms with van der Waals surface area (Å²) in [4.78, 5) is 4.48. The predicted molar refractivity (Wildman–Crippen MR) is 63.3 cm³/mol. The van der Waals surface area contributed by atoms with Gasteiger partial charge in [0.25, 0.3) is 0 Å². The Balaban J connectivity index is 2.04. The van der Waals surface area contributed by atoms with E-state index in [-0.39, 0.29) is 0 Å². The number of anilines is 1. The second-order valence-corrected chi connectivity index (χ2v) is 5.01. The molecule has 82 valence electrons. The number of hydrogen-bond acceptors (Lipinski definition) is 5. The van der Waals surface area contributed by atoms with Crippen LogP contribution in [0.15, 0.2) is 18.3 Å². The van der Waals surface area contributed by atoms with Gasteiger partial charge in [-0.1, -0.05) is 17.4 Å². The summed E-state index contributed by atoms with van der Waals surface area (Å²) in [6.07, 6.45) is 5.25. The predicted octanol–water partition coefficient (Wildman–Crippen LogP) is 1.98. The van der Waals surface area contributed by atoms with E-state index in [1.807, 2.05) is 12.3 Å². The average Bonchev–Trinajstić information content (AvgIpc) is 2.75. The van der Waals surface area contributed by atoms with Crippen LogP contribution in [0.4, 0.5) is 5.13 Å².